The van der Waals surface area contributed by atoms with Gasteiger partial charge in [-0.15, -0.1) is 0 Å². The largest absolute Gasteiger partial charge is 0.494 e. The Bertz CT molecular complexity index is 1310. The number of amides is 1. The molecule has 4 aromatic rings. The summed E-state index contributed by atoms with van der Waals surface area (Å²) in [6, 6.07) is 22.6. The summed E-state index contributed by atoms with van der Waals surface area (Å²) in [7, 11) is 0. The van der Waals surface area contributed by atoms with E-state index in [1.54, 1.807) is 12.1 Å². The summed E-state index contributed by atoms with van der Waals surface area (Å²) in [6.07, 6.45) is 3.96. The number of likely N-dealkylation sites (tertiary alicyclic amines) is 1. The third kappa shape index (κ3) is 5.86. The van der Waals surface area contributed by atoms with Crippen molar-refractivity contribution in [2.75, 3.05) is 13.2 Å². The first-order valence-corrected chi connectivity index (χ1v) is 12.5. The first-order chi connectivity index (χ1) is 17.5. The van der Waals surface area contributed by atoms with Crippen molar-refractivity contribution in [1.82, 2.24) is 14.9 Å². The Morgan fingerprint density at radius 1 is 1.06 bits per heavy atom. The lowest BCUT2D eigenvalue weighted by molar-refractivity contribution is 0.116. The minimum atomic E-state index is -0.844. The van der Waals surface area contributed by atoms with E-state index in [9.17, 15) is 4.79 Å². The van der Waals surface area contributed by atoms with Crippen LogP contribution in [0.15, 0.2) is 66.7 Å². The molecule has 0 spiro atoms. The zero-order valence-electron chi connectivity index (χ0n) is 20.6. The highest BCUT2D eigenvalue weighted by atomic mass is 16.5. The summed E-state index contributed by atoms with van der Waals surface area (Å²) in [4.78, 5) is 21.5. The number of aromatic amines is 1. The van der Waals surface area contributed by atoms with Crippen LogP contribution in [0, 0.1) is 6.92 Å². The topological polar surface area (TPSA) is 93.5 Å². The number of hydrogen-bond acceptors (Lipinski definition) is 5. The second kappa shape index (κ2) is 10.8. The van der Waals surface area contributed by atoms with Crippen molar-refractivity contribution in [1.29, 1.82) is 0 Å². The second-order valence-corrected chi connectivity index (χ2v) is 9.45. The molecule has 7 heteroatoms. The fourth-order valence-electron chi connectivity index (χ4n) is 4.85. The van der Waals surface area contributed by atoms with E-state index in [-0.39, 0.29) is 0 Å². The van der Waals surface area contributed by atoms with Crippen LogP contribution >= 0.6 is 0 Å². The Balaban J connectivity index is 1.17. The number of aromatic nitrogens is 2. The molecule has 1 aliphatic heterocycles. The number of primary amides is 1. The third-order valence-electron chi connectivity index (χ3n) is 6.78. The van der Waals surface area contributed by atoms with E-state index in [2.05, 4.69) is 46.1 Å². The number of hydrogen-bond donors (Lipinski definition) is 2. The van der Waals surface area contributed by atoms with Crippen molar-refractivity contribution in [3.05, 3.63) is 77.9 Å². The van der Waals surface area contributed by atoms with Crippen LogP contribution in [0.25, 0.3) is 22.4 Å². The molecule has 186 valence electrons. The van der Waals surface area contributed by atoms with Gasteiger partial charge in [0.15, 0.2) is 0 Å². The lowest BCUT2D eigenvalue weighted by atomic mass is 9.98. The van der Waals surface area contributed by atoms with Gasteiger partial charge in [0.25, 0.3) is 0 Å². The monoisotopic (exact) mass is 484 g/mol. The molecule has 1 aromatic heterocycles. The number of H-pyrrole nitrogens is 1. The predicted octanol–water partition coefficient (Wildman–Crippen LogP) is 5.82. The van der Waals surface area contributed by atoms with E-state index in [1.807, 2.05) is 30.3 Å². The number of nitrogens with one attached hydrogen (secondary N) is 1. The van der Waals surface area contributed by atoms with Gasteiger partial charge in [-0.2, -0.15) is 0 Å². The van der Waals surface area contributed by atoms with Gasteiger partial charge in [-0.05, 0) is 74.7 Å². The molecule has 0 saturated carbocycles. The van der Waals surface area contributed by atoms with Gasteiger partial charge in [-0.25, -0.2) is 9.78 Å². The minimum absolute atomic E-state index is 0.368. The van der Waals surface area contributed by atoms with E-state index in [1.165, 1.54) is 30.4 Å². The van der Waals surface area contributed by atoms with Crippen LogP contribution in [0.2, 0.25) is 0 Å². The number of carbonyl (C=O) groups excluding carboxylic acids is 1. The molecule has 3 aromatic carbocycles. The van der Waals surface area contributed by atoms with Crippen LogP contribution in [-0.2, 0) is 6.54 Å². The molecule has 0 aliphatic carbocycles. The normalized spacial score (nSPS) is 16.2. The molecule has 1 amide bonds. The van der Waals surface area contributed by atoms with Crippen molar-refractivity contribution in [3.63, 3.8) is 0 Å². The molecule has 1 fully saturated rings. The summed E-state index contributed by atoms with van der Waals surface area (Å²) in [5, 5.41) is 0. The minimum Gasteiger partial charge on any atom is -0.494 e. The van der Waals surface area contributed by atoms with E-state index >= 15 is 0 Å². The number of aryl methyl sites for hydroxylation is 1. The molecule has 36 heavy (non-hydrogen) atoms. The standard InChI is InChI=1S/C29H32N4O3/c1-20-5-7-21(8-6-20)19-33-16-3-2-4-23(33)15-17-35-24-11-9-22(10-12-24)28-31-26-14-13-25(36-29(30)34)18-27(26)32-28/h5-14,18,23H,2-4,15-17,19H2,1H3,(H2,30,34)(H,31,32). The van der Waals surface area contributed by atoms with Gasteiger partial charge in [0.1, 0.15) is 17.3 Å². The number of fused-ring (bicyclic) bond motifs is 1. The highest BCUT2D eigenvalue weighted by molar-refractivity contribution is 5.81. The Labute approximate surface area is 211 Å². The Kier molecular flexibility index (Phi) is 7.18. The lowest BCUT2D eigenvalue weighted by Crippen LogP contribution is -2.39. The molecule has 1 aliphatic rings. The van der Waals surface area contributed by atoms with E-state index < -0.39 is 6.09 Å². The van der Waals surface area contributed by atoms with Crippen molar-refractivity contribution in [3.8, 4) is 22.9 Å². The van der Waals surface area contributed by atoms with Crippen molar-refractivity contribution in [2.45, 2.75) is 45.2 Å². The van der Waals surface area contributed by atoms with Crippen LogP contribution in [0.4, 0.5) is 4.79 Å². The zero-order chi connectivity index (χ0) is 24.9. The number of piperidine rings is 1. The van der Waals surface area contributed by atoms with Gasteiger partial charge in [-0.1, -0.05) is 36.2 Å². The lowest BCUT2D eigenvalue weighted by Gasteiger charge is -2.35. The number of carbonyl (C=O) groups is 1. The Morgan fingerprint density at radius 2 is 1.83 bits per heavy atom. The maximum atomic E-state index is 11.0. The molecule has 2 heterocycles. The number of nitrogens with zero attached hydrogens (tertiary/aromatic N) is 2. The first kappa shape index (κ1) is 23.9. The average molecular weight is 485 g/mol. The Hall–Kier alpha value is -3.84. The fourth-order valence-corrected chi connectivity index (χ4v) is 4.85. The van der Waals surface area contributed by atoms with Crippen LogP contribution in [0.3, 0.4) is 0 Å². The smallest absolute Gasteiger partial charge is 0.409 e. The first-order valence-electron chi connectivity index (χ1n) is 12.5. The summed E-state index contributed by atoms with van der Waals surface area (Å²) in [5.74, 6) is 1.96. The number of ether oxygens (including phenoxy) is 2. The van der Waals surface area contributed by atoms with Crippen LogP contribution in [-0.4, -0.2) is 40.2 Å². The molecule has 3 N–H and O–H groups in total. The number of imidazole rings is 1. The van der Waals surface area contributed by atoms with Crippen LogP contribution < -0.4 is 15.2 Å². The van der Waals surface area contributed by atoms with Gasteiger partial charge >= 0.3 is 6.09 Å². The van der Waals surface area contributed by atoms with E-state index in [0.717, 1.165) is 42.2 Å². The second-order valence-electron chi connectivity index (χ2n) is 9.45. The number of nitrogens with two attached hydrogens (primary N) is 1. The summed E-state index contributed by atoms with van der Waals surface area (Å²) < 4.78 is 11.0. The van der Waals surface area contributed by atoms with Gasteiger partial charge in [0.05, 0.1) is 17.6 Å². The molecule has 0 radical (unpaired) electrons. The summed E-state index contributed by atoms with van der Waals surface area (Å²) in [5.41, 5.74) is 10.3. The maximum Gasteiger partial charge on any atom is 0.409 e. The quantitative estimate of drug-likeness (QED) is 0.329. The molecule has 0 bridgehead atoms. The van der Waals surface area contributed by atoms with Gasteiger partial charge < -0.3 is 20.2 Å². The average Bonchev–Trinajstić information content (AvgIpc) is 3.30. The van der Waals surface area contributed by atoms with Crippen molar-refractivity contribution in [2.24, 2.45) is 5.73 Å². The van der Waals surface area contributed by atoms with E-state index in [0.29, 0.717) is 23.9 Å². The highest BCUT2D eigenvalue weighted by Gasteiger charge is 2.22. The third-order valence-corrected chi connectivity index (χ3v) is 6.78. The molecule has 5 rings (SSSR count). The molecule has 1 atom stereocenters. The van der Waals surface area contributed by atoms with Crippen molar-refractivity contribution < 1.29 is 14.3 Å². The van der Waals surface area contributed by atoms with Gasteiger partial charge in [0, 0.05) is 24.2 Å². The number of benzene rings is 3. The predicted molar refractivity (Wildman–Crippen MR) is 141 cm³/mol. The maximum absolute atomic E-state index is 11.0. The van der Waals surface area contributed by atoms with Crippen LogP contribution in [0.1, 0.15) is 36.8 Å². The number of rotatable bonds is 8. The highest BCUT2D eigenvalue weighted by Crippen LogP contribution is 2.26. The SMILES string of the molecule is Cc1ccc(CN2CCCCC2CCOc2ccc(-c3nc4cc(OC(N)=O)ccc4[nH]3)cc2)cc1. The molecule has 7 nitrogen and oxygen atoms in total. The van der Waals surface area contributed by atoms with E-state index in [4.69, 9.17) is 15.2 Å². The summed E-state index contributed by atoms with van der Waals surface area (Å²) >= 11 is 0. The fraction of sp³-hybridized carbons (Fsp3) is 0.310. The Morgan fingerprint density at radius 3 is 2.61 bits per heavy atom. The molecule has 1 unspecified atom stereocenters. The molecular formula is C29H32N4O3. The van der Waals surface area contributed by atoms with Crippen LogP contribution in [0.5, 0.6) is 11.5 Å². The summed E-state index contributed by atoms with van der Waals surface area (Å²) in [6.45, 7) is 4.99. The molecular weight excluding hydrogens is 452 g/mol. The zero-order valence-corrected chi connectivity index (χ0v) is 20.6. The van der Waals surface area contributed by atoms with Gasteiger partial charge in [-0.3, -0.25) is 4.90 Å². The molecule has 1 saturated heterocycles. The van der Waals surface area contributed by atoms with Gasteiger partial charge in [0.2, 0.25) is 0 Å². The van der Waals surface area contributed by atoms with Crippen molar-refractivity contribution >= 4 is 17.1 Å².